The molecule has 0 atom stereocenters. The predicted molar refractivity (Wildman–Crippen MR) is 95.5 cm³/mol. The highest BCUT2D eigenvalue weighted by atomic mass is 35.5. The van der Waals surface area contributed by atoms with Gasteiger partial charge in [-0.15, -0.1) is 11.3 Å². The molecule has 3 nitrogen and oxygen atoms in total. The molecule has 0 unspecified atom stereocenters. The Kier molecular flexibility index (Phi) is 4.92. The molecule has 0 aliphatic rings. The van der Waals surface area contributed by atoms with Gasteiger partial charge in [0.05, 0.1) is 10.7 Å². The molecular weight excluding hydrogens is 347 g/mol. The average Bonchev–Trinajstić information content (AvgIpc) is 2.92. The molecule has 0 aliphatic carbocycles. The topological polar surface area (TPSA) is 42.0 Å². The second-order valence-corrected chi connectivity index (χ2v) is 6.81. The molecule has 0 spiro atoms. The molecule has 1 N–H and O–H groups in total. The van der Waals surface area contributed by atoms with Crippen molar-refractivity contribution in [3.63, 3.8) is 0 Å². The number of hydrogen-bond donors (Lipinski definition) is 1. The van der Waals surface area contributed by atoms with E-state index in [9.17, 15) is 9.18 Å². The van der Waals surface area contributed by atoms with Crippen molar-refractivity contribution in [3.8, 4) is 0 Å². The van der Waals surface area contributed by atoms with Crippen molar-refractivity contribution in [2.75, 3.05) is 5.32 Å². The number of aromatic nitrogens is 1. The molecule has 0 saturated heterocycles. The molecule has 0 bridgehead atoms. The van der Waals surface area contributed by atoms with Crippen molar-refractivity contribution in [1.29, 1.82) is 0 Å². The number of nitrogens with zero attached hydrogens (tertiary/aromatic N) is 1. The van der Waals surface area contributed by atoms with E-state index in [2.05, 4.69) is 10.3 Å². The van der Waals surface area contributed by atoms with Crippen molar-refractivity contribution in [2.24, 2.45) is 0 Å². The monoisotopic (exact) mass is 360 g/mol. The van der Waals surface area contributed by atoms with Crippen LogP contribution in [0.4, 0.5) is 10.1 Å². The number of halogens is 2. The molecular formula is C18H14ClFN2OS. The van der Waals surface area contributed by atoms with Gasteiger partial charge in [-0.1, -0.05) is 23.7 Å². The smallest absolute Gasteiger partial charge is 0.267 e. The number of rotatable bonds is 4. The number of thiazole rings is 1. The lowest BCUT2D eigenvalue weighted by molar-refractivity contribution is 0.103. The lowest BCUT2D eigenvalue weighted by Gasteiger charge is -2.03. The van der Waals surface area contributed by atoms with Gasteiger partial charge in [-0.3, -0.25) is 4.79 Å². The zero-order chi connectivity index (χ0) is 17.1. The first-order valence-corrected chi connectivity index (χ1v) is 8.48. The van der Waals surface area contributed by atoms with E-state index in [1.165, 1.54) is 23.5 Å². The summed E-state index contributed by atoms with van der Waals surface area (Å²) in [6, 6.07) is 13.2. The third-order valence-corrected chi connectivity index (χ3v) is 4.83. The number of aryl methyl sites for hydroxylation is 1. The number of amides is 1. The number of nitrogens with one attached hydrogen (secondary N) is 1. The summed E-state index contributed by atoms with van der Waals surface area (Å²) in [7, 11) is 0. The second-order valence-electron chi connectivity index (χ2n) is 5.29. The van der Waals surface area contributed by atoms with Crippen LogP contribution in [0.3, 0.4) is 0 Å². The lowest BCUT2D eigenvalue weighted by atomic mass is 10.1. The van der Waals surface area contributed by atoms with Crippen LogP contribution in [0.15, 0.2) is 48.5 Å². The van der Waals surface area contributed by atoms with Crippen LogP contribution in [-0.2, 0) is 6.42 Å². The van der Waals surface area contributed by atoms with Crippen molar-refractivity contribution in [2.45, 2.75) is 13.3 Å². The van der Waals surface area contributed by atoms with Crippen molar-refractivity contribution >= 4 is 34.5 Å². The largest absolute Gasteiger partial charge is 0.321 e. The Balaban J connectivity index is 1.74. The van der Waals surface area contributed by atoms with Crippen LogP contribution in [0, 0.1) is 12.7 Å². The Morgan fingerprint density at radius 2 is 1.83 bits per heavy atom. The number of carbonyl (C=O) groups is 1. The third kappa shape index (κ3) is 3.99. The third-order valence-electron chi connectivity index (χ3n) is 3.42. The Labute approximate surface area is 148 Å². The number of benzene rings is 2. The maximum Gasteiger partial charge on any atom is 0.267 e. The molecule has 3 aromatic rings. The van der Waals surface area contributed by atoms with E-state index >= 15 is 0 Å². The Bertz CT molecular complexity index is 860. The second kappa shape index (κ2) is 7.11. The Hall–Kier alpha value is -2.24. The minimum Gasteiger partial charge on any atom is -0.321 e. The van der Waals surface area contributed by atoms with Crippen LogP contribution in [0.1, 0.15) is 25.9 Å². The summed E-state index contributed by atoms with van der Waals surface area (Å²) in [5.41, 5.74) is 2.32. The zero-order valence-electron chi connectivity index (χ0n) is 12.8. The summed E-state index contributed by atoms with van der Waals surface area (Å²) >= 11 is 7.18. The molecule has 0 aliphatic heterocycles. The Morgan fingerprint density at radius 1 is 1.17 bits per heavy atom. The molecule has 3 rings (SSSR count). The summed E-state index contributed by atoms with van der Waals surface area (Å²) in [6.07, 6.45) is 0.569. The predicted octanol–water partition coefficient (Wildman–Crippen LogP) is 5.09. The van der Waals surface area contributed by atoms with Crippen LogP contribution >= 0.6 is 22.9 Å². The molecule has 122 valence electrons. The van der Waals surface area contributed by atoms with Gasteiger partial charge in [0.1, 0.15) is 10.7 Å². The van der Waals surface area contributed by atoms with Crippen molar-refractivity contribution in [3.05, 3.63) is 80.5 Å². The summed E-state index contributed by atoms with van der Waals surface area (Å²) in [4.78, 5) is 17.4. The zero-order valence-corrected chi connectivity index (χ0v) is 14.4. The molecule has 2 aromatic carbocycles. The molecule has 1 amide bonds. The van der Waals surface area contributed by atoms with Gasteiger partial charge in [0.15, 0.2) is 0 Å². The number of carbonyl (C=O) groups excluding carboxylic acids is 1. The quantitative estimate of drug-likeness (QED) is 0.704. The van der Waals surface area contributed by atoms with Crippen molar-refractivity contribution < 1.29 is 9.18 Å². The normalized spacial score (nSPS) is 10.6. The summed E-state index contributed by atoms with van der Waals surface area (Å²) < 4.78 is 13.0. The molecule has 0 fully saturated rings. The fourth-order valence-electron chi connectivity index (χ4n) is 2.24. The average molecular weight is 361 g/mol. The van der Waals surface area contributed by atoms with Crippen LogP contribution < -0.4 is 5.32 Å². The summed E-state index contributed by atoms with van der Waals surface area (Å²) in [5, 5.41) is 4.27. The van der Waals surface area contributed by atoms with E-state index in [4.69, 9.17) is 11.6 Å². The number of anilines is 1. The highest BCUT2D eigenvalue weighted by molar-refractivity contribution is 7.14. The van der Waals surface area contributed by atoms with Crippen LogP contribution in [0.5, 0.6) is 0 Å². The van der Waals surface area contributed by atoms with E-state index in [1.54, 1.807) is 43.3 Å². The summed E-state index contributed by atoms with van der Waals surface area (Å²) in [5.74, 6) is -0.463. The van der Waals surface area contributed by atoms with Gasteiger partial charge in [-0.2, -0.15) is 0 Å². The fraction of sp³-hybridized carbons (Fsp3) is 0.111. The van der Waals surface area contributed by atoms with Gasteiger partial charge < -0.3 is 5.32 Å². The first-order valence-electron chi connectivity index (χ1n) is 7.29. The van der Waals surface area contributed by atoms with E-state index in [1.807, 2.05) is 0 Å². The molecule has 0 saturated carbocycles. The van der Waals surface area contributed by atoms with Gasteiger partial charge >= 0.3 is 0 Å². The highest BCUT2D eigenvalue weighted by Crippen LogP contribution is 2.23. The SMILES string of the molecule is Cc1nc(Cc2ccc(F)cc2)sc1C(=O)Nc1ccc(Cl)cc1. The minimum atomic E-state index is -0.267. The van der Waals surface area contributed by atoms with Gasteiger partial charge in [-0.25, -0.2) is 9.37 Å². The summed E-state index contributed by atoms with van der Waals surface area (Å²) in [6.45, 7) is 1.81. The van der Waals surface area contributed by atoms with Gasteiger partial charge in [0.2, 0.25) is 0 Å². The van der Waals surface area contributed by atoms with E-state index in [0.717, 1.165) is 10.6 Å². The van der Waals surface area contributed by atoms with Gasteiger partial charge in [-0.05, 0) is 48.9 Å². The molecule has 24 heavy (non-hydrogen) atoms. The van der Waals surface area contributed by atoms with Gasteiger partial charge in [0.25, 0.3) is 5.91 Å². The highest BCUT2D eigenvalue weighted by Gasteiger charge is 2.15. The van der Waals surface area contributed by atoms with Crippen LogP contribution in [-0.4, -0.2) is 10.9 Å². The fourth-order valence-corrected chi connectivity index (χ4v) is 3.36. The molecule has 6 heteroatoms. The Morgan fingerprint density at radius 3 is 2.50 bits per heavy atom. The maximum absolute atomic E-state index is 13.0. The van der Waals surface area contributed by atoms with E-state index in [-0.39, 0.29) is 11.7 Å². The van der Waals surface area contributed by atoms with Crippen molar-refractivity contribution in [1.82, 2.24) is 4.98 Å². The lowest BCUT2D eigenvalue weighted by Crippen LogP contribution is -2.11. The number of hydrogen-bond acceptors (Lipinski definition) is 3. The van der Waals surface area contributed by atoms with Gasteiger partial charge in [0, 0.05) is 17.1 Å². The van der Waals surface area contributed by atoms with Crippen LogP contribution in [0.25, 0.3) is 0 Å². The first kappa shape index (κ1) is 16.6. The molecule has 0 radical (unpaired) electrons. The van der Waals surface area contributed by atoms with E-state index < -0.39 is 0 Å². The van der Waals surface area contributed by atoms with E-state index in [0.29, 0.717) is 27.7 Å². The molecule has 1 heterocycles. The first-order chi connectivity index (χ1) is 11.5. The van der Waals surface area contributed by atoms with Crippen LogP contribution in [0.2, 0.25) is 5.02 Å². The minimum absolute atomic E-state index is 0.197. The molecule has 1 aromatic heterocycles. The maximum atomic E-state index is 13.0. The standard InChI is InChI=1S/C18H14ClFN2OS/c1-11-17(18(23)22-15-8-4-13(19)5-9-15)24-16(21-11)10-12-2-6-14(20)7-3-12/h2-9H,10H2,1H3,(H,22,23).